The molecule has 0 aliphatic heterocycles. The third-order valence-electron chi connectivity index (χ3n) is 1.89. The fourth-order valence-electron chi connectivity index (χ4n) is 1.16. The SMILES string of the molecule is O=C(Nc1cnoc1)c1cc(I)ccc1O. The average molecular weight is 330 g/mol. The zero-order valence-electron chi connectivity index (χ0n) is 7.98. The van der Waals surface area contributed by atoms with Crippen LogP contribution in [-0.4, -0.2) is 16.2 Å². The van der Waals surface area contributed by atoms with E-state index in [1.807, 2.05) is 0 Å². The van der Waals surface area contributed by atoms with Crippen LogP contribution in [0.1, 0.15) is 10.4 Å². The van der Waals surface area contributed by atoms with Gasteiger partial charge >= 0.3 is 0 Å². The topological polar surface area (TPSA) is 75.4 Å². The van der Waals surface area contributed by atoms with Gasteiger partial charge in [-0.15, -0.1) is 0 Å². The number of phenols is 1. The summed E-state index contributed by atoms with van der Waals surface area (Å²) < 4.78 is 5.44. The van der Waals surface area contributed by atoms with Gasteiger partial charge in [0.1, 0.15) is 17.7 Å². The monoisotopic (exact) mass is 330 g/mol. The fraction of sp³-hybridized carbons (Fsp3) is 0. The van der Waals surface area contributed by atoms with Crippen LogP contribution < -0.4 is 5.32 Å². The zero-order valence-corrected chi connectivity index (χ0v) is 10.1. The van der Waals surface area contributed by atoms with Gasteiger partial charge in [-0.1, -0.05) is 5.16 Å². The summed E-state index contributed by atoms with van der Waals surface area (Å²) in [4.78, 5) is 11.7. The molecule has 0 aliphatic rings. The summed E-state index contributed by atoms with van der Waals surface area (Å²) in [6.07, 6.45) is 2.69. The molecular weight excluding hydrogens is 323 g/mol. The molecule has 0 bridgehead atoms. The first-order valence-electron chi connectivity index (χ1n) is 4.36. The second-order valence-corrected chi connectivity index (χ2v) is 4.27. The summed E-state index contributed by atoms with van der Waals surface area (Å²) in [7, 11) is 0. The summed E-state index contributed by atoms with van der Waals surface area (Å²) in [6, 6.07) is 4.79. The molecule has 1 heterocycles. The van der Waals surface area contributed by atoms with E-state index in [0.717, 1.165) is 3.57 Å². The Kier molecular flexibility index (Phi) is 3.09. The lowest BCUT2D eigenvalue weighted by atomic mass is 10.2. The number of aromatic nitrogens is 1. The van der Waals surface area contributed by atoms with Gasteiger partial charge in [-0.3, -0.25) is 4.79 Å². The molecule has 0 unspecified atom stereocenters. The Balaban J connectivity index is 2.24. The van der Waals surface area contributed by atoms with E-state index in [1.165, 1.54) is 18.5 Å². The van der Waals surface area contributed by atoms with Crippen molar-refractivity contribution < 1.29 is 14.4 Å². The molecule has 0 aliphatic carbocycles. The largest absolute Gasteiger partial charge is 0.507 e. The number of hydrogen-bond donors (Lipinski definition) is 2. The van der Waals surface area contributed by atoms with Crippen molar-refractivity contribution in [2.75, 3.05) is 5.32 Å². The number of halogens is 1. The Bertz CT molecular complexity index is 511. The van der Waals surface area contributed by atoms with Gasteiger partial charge in [-0.2, -0.15) is 0 Å². The average Bonchev–Trinajstić information content (AvgIpc) is 2.74. The number of carbonyl (C=O) groups excluding carboxylic acids is 1. The molecule has 2 aromatic rings. The van der Waals surface area contributed by atoms with Crippen LogP contribution in [0.25, 0.3) is 0 Å². The van der Waals surface area contributed by atoms with Crippen LogP contribution in [0.3, 0.4) is 0 Å². The maximum absolute atomic E-state index is 11.7. The van der Waals surface area contributed by atoms with Gasteiger partial charge in [0.05, 0.1) is 11.8 Å². The number of nitrogens with one attached hydrogen (secondary N) is 1. The third-order valence-corrected chi connectivity index (χ3v) is 2.56. The number of nitrogens with zero attached hydrogens (tertiary/aromatic N) is 1. The molecule has 1 aromatic heterocycles. The maximum Gasteiger partial charge on any atom is 0.259 e. The number of carbonyl (C=O) groups is 1. The molecule has 0 atom stereocenters. The number of phenolic OH excluding ortho intramolecular Hbond substituents is 1. The summed E-state index contributed by atoms with van der Waals surface area (Å²) in [6.45, 7) is 0. The predicted octanol–water partition coefficient (Wildman–Crippen LogP) is 2.24. The summed E-state index contributed by atoms with van der Waals surface area (Å²) in [5.74, 6) is -0.464. The maximum atomic E-state index is 11.7. The molecular formula is C10H7IN2O3. The summed E-state index contributed by atoms with van der Waals surface area (Å²) in [5, 5.41) is 15.5. The Morgan fingerprint density at radius 3 is 3.00 bits per heavy atom. The first kappa shape index (κ1) is 10.9. The second-order valence-electron chi connectivity index (χ2n) is 3.03. The molecule has 82 valence electrons. The minimum absolute atomic E-state index is 0.0608. The van der Waals surface area contributed by atoms with E-state index in [0.29, 0.717) is 5.69 Å². The van der Waals surface area contributed by atoms with Crippen LogP contribution in [0.4, 0.5) is 5.69 Å². The summed E-state index contributed by atoms with van der Waals surface area (Å²) in [5.41, 5.74) is 0.663. The molecule has 0 saturated heterocycles. The Hall–Kier alpha value is -1.57. The van der Waals surface area contributed by atoms with Gasteiger partial charge < -0.3 is 14.9 Å². The van der Waals surface area contributed by atoms with Gasteiger partial charge in [0, 0.05) is 3.57 Å². The van der Waals surface area contributed by atoms with Crippen molar-refractivity contribution >= 4 is 34.2 Å². The molecule has 0 radical (unpaired) electrons. The van der Waals surface area contributed by atoms with E-state index in [-0.39, 0.29) is 11.3 Å². The van der Waals surface area contributed by atoms with Gasteiger partial charge in [0.15, 0.2) is 0 Å². The van der Waals surface area contributed by atoms with Crippen molar-refractivity contribution in [3.05, 3.63) is 39.8 Å². The number of hydrogen-bond acceptors (Lipinski definition) is 4. The highest BCUT2D eigenvalue weighted by Gasteiger charge is 2.12. The molecule has 2 rings (SSSR count). The third kappa shape index (κ3) is 2.32. The smallest absolute Gasteiger partial charge is 0.259 e. The predicted molar refractivity (Wildman–Crippen MR) is 65.3 cm³/mol. The first-order valence-corrected chi connectivity index (χ1v) is 5.44. The Morgan fingerprint density at radius 2 is 2.31 bits per heavy atom. The van der Waals surface area contributed by atoms with Crippen LogP contribution in [0.5, 0.6) is 5.75 Å². The Labute approximate surface area is 105 Å². The van der Waals surface area contributed by atoms with Crippen molar-refractivity contribution in [1.29, 1.82) is 0 Å². The van der Waals surface area contributed by atoms with Crippen molar-refractivity contribution in [1.82, 2.24) is 5.16 Å². The van der Waals surface area contributed by atoms with Crippen molar-refractivity contribution in [2.45, 2.75) is 0 Å². The van der Waals surface area contributed by atoms with E-state index >= 15 is 0 Å². The van der Waals surface area contributed by atoms with E-state index < -0.39 is 5.91 Å². The molecule has 6 heteroatoms. The standard InChI is InChI=1S/C10H7IN2O3/c11-6-1-2-9(14)8(3-6)10(15)13-7-4-12-16-5-7/h1-5,14H,(H,13,15). The van der Waals surface area contributed by atoms with Crippen LogP contribution in [0.2, 0.25) is 0 Å². The number of rotatable bonds is 2. The van der Waals surface area contributed by atoms with Gasteiger partial charge in [0.2, 0.25) is 0 Å². The van der Waals surface area contributed by atoms with Crippen LogP contribution in [0, 0.1) is 3.57 Å². The Morgan fingerprint density at radius 1 is 1.50 bits per heavy atom. The molecule has 0 spiro atoms. The van der Waals surface area contributed by atoms with E-state index in [4.69, 9.17) is 0 Å². The quantitative estimate of drug-likeness (QED) is 0.828. The summed E-state index contributed by atoms with van der Waals surface area (Å²) >= 11 is 2.06. The lowest BCUT2D eigenvalue weighted by Crippen LogP contribution is -2.11. The molecule has 1 amide bonds. The number of aromatic hydroxyl groups is 1. The first-order chi connectivity index (χ1) is 7.66. The van der Waals surface area contributed by atoms with Crippen LogP contribution in [0.15, 0.2) is 35.2 Å². The number of benzene rings is 1. The van der Waals surface area contributed by atoms with E-state index in [9.17, 15) is 9.90 Å². The minimum atomic E-state index is -0.404. The van der Waals surface area contributed by atoms with Crippen molar-refractivity contribution in [2.24, 2.45) is 0 Å². The van der Waals surface area contributed by atoms with Crippen molar-refractivity contribution in [3.8, 4) is 5.75 Å². The van der Waals surface area contributed by atoms with E-state index in [2.05, 4.69) is 37.6 Å². The van der Waals surface area contributed by atoms with Crippen LogP contribution >= 0.6 is 22.6 Å². The molecule has 2 N–H and O–H groups in total. The molecule has 0 fully saturated rings. The molecule has 5 nitrogen and oxygen atoms in total. The van der Waals surface area contributed by atoms with Crippen LogP contribution in [-0.2, 0) is 0 Å². The zero-order chi connectivity index (χ0) is 11.5. The molecule has 0 saturated carbocycles. The lowest BCUT2D eigenvalue weighted by Gasteiger charge is -2.04. The molecule has 16 heavy (non-hydrogen) atoms. The normalized spacial score (nSPS) is 10.1. The fourth-order valence-corrected chi connectivity index (χ4v) is 1.65. The lowest BCUT2D eigenvalue weighted by molar-refractivity contribution is 0.102. The van der Waals surface area contributed by atoms with E-state index in [1.54, 1.807) is 12.1 Å². The highest BCUT2D eigenvalue weighted by atomic mass is 127. The highest BCUT2D eigenvalue weighted by molar-refractivity contribution is 14.1. The second kappa shape index (κ2) is 4.52. The van der Waals surface area contributed by atoms with Gasteiger partial charge in [0.25, 0.3) is 5.91 Å². The van der Waals surface area contributed by atoms with Gasteiger partial charge in [-0.25, -0.2) is 0 Å². The van der Waals surface area contributed by atoms with Gasteiger partial charge in [-0.05, 0) is 40.8 Å². The number of anilines is 1. The van der Waals surface area contributed by atoms with Crippen molar-refractivity contribution in [3.63, 3.8) is 0 Å². The minimum Gasteiger partial charge on any atom is -0.507 e. The number of amides is 1. The molecule has 1 aromatic carbocycles. The highest BCUT2D eigenvalue weighted by Crippen LogP contribution is 2.20.